The van der Waals surface area contributed by atoms with Crippen LogP contribution in [0.4, 0.5) is 0 Å². The average molecular weight is 335 g/mol. The molecule has 0 radical (unpaired) electrons. The molecule has 1 aromatic heterocycles. The normalized spacial score (nSPS) is 22.1. The molecule has 2 atom stereocenters. The molecule has 116 valence electrons. The Morgan fingerprint density at radius 3 is 2.81 bits per heavy atom. The molecule has 0 aromatic carbocycles. The van der Waals surface area contributed by atoms with Gasteiger partial charge in [0, 0.05) is 0 Å². The molecule has 0 bridgehead atoms. The van der Waals surface area contributed by atoms with Crippen LogP contribution in [-0.2, 0) is 24.3 Å². The summed E-state index contributed by atoms with van der Waals surface area (Å²) >= 11 is 0.933. The first-order valence-electron chi connectivity index (χ1n) is 5.85. The zero-order valence-electron chi connectivity index (χ0n) is 10.9. The molecule has 1 aliphatic heterocycles. The van der Waals surface area contributed by atoms with E-state index in [9.17, 15) is 18.0 Å². The van der Waals surface area contributed by atoms with Crippen molar-refractivity contribution in [2.45, 2.75) is 10.9 Å². The Morgan fingerprint density at radius 2 is 2.19 bits per heavy atom. The van der Waals surface area contributed by atoms with Crippen LogP contribution < -0.4 is 4.72 Å². The van der Waals surface area contributed by atoms with Crippen molar-refractivity contribution >= 4 is 33.3 Å². The maximum Gasteiger partial charge on any atom is 0.349 e. The van der Waals surface area contributed by atoms with E-state index in [1.165, 1.54) is 11.4 Å². The molecule has 1 fully saturated rings. The molecule has 0 saturated carbocycles. The summed E-state index contributed by atoms with van der Waals surface area (Å²) in [5.74, 6) is -2.86. The highest BCUT2D eigenvalue weighted by Gasteiger charge is 2.38. The van der Waals surface area contributed by atoms with Gasteiger partial charge in [0.15, 0.2) is 0 Å². The van der Waals surface area contributed by atoms with E-state index in [-0.39, 0.29) is 23.0 Å². The van der Waals surface area contributed by atoms with E-state index >= 15 is 0 Å². The second-order valence-electron chi connectivity index (χ2n) is 4.32. The third-order valence-corrected chi connectivity index (χ3v) is 5.55. The van der Waals surface area contributed by atoms with Crippen LogP contribution in [0.5, 0.6) is 0 Å². The minimum Gasteiger partial charge on any atom is -0.481 e. The second kappa shape index (κ2) is 6.10. The van der Waals surface area contributed by atoms with Gasteiger partial charge in [-0.15, -0.1) is 11.3 Å². The Labute approximate surface area is 124 Å². The number of methoxy groups -OCH3 is 1. The van der Waals surface area contributed by atoms with Gasteiger partial charge in [-0.3, -0.25) is 4.79 Å². The van der Waals surface area contributed by atoms with Crippen LogP contribution in [0.15, 0.2) is 16.3 Å². The van der Waals surface area contributed by atoms with Crippen molar-refractivity contribution in [1.29, 1.82) is 0 Å². The van der Waals surface area contributed by atoms with Gasteiger partial charge in [0.2, 0.25) is 10.0 Å². The number of sulfonamides is 1. The van der Waals surface area contributed by atoms with Crippen LogP contribution in [0.1, 0.15) is 9.67 Å². The lowest BCUT2D eigenvalue weighted by molar-refractivity contribution is -0.142. The van der Waals surface area contributed by atoms with Crippen LogP contribution in [-0.4, -0.2) is 51.8 Å². The minimum absolute atomic E-state index is 0.0338. The fraction of sp³-hybridized carbons (Fsp3) is 0.455. The number of carbonyl (C=O) groups excluding carboxylic acids is 1. The van der Waals surface area contributed by atoms with E-state index in [1.807, 2.05) is 0 Å². The number of thiophene rings is 1. The van der Waals surface area contributed by atoms with Gasteiger partial charge in [-0.05, 0) is 11.4 Å². The number of carbonyl (C=O) groups is 2. The number of ether oxygens (including phenoxy) is 2. The lowest BCUT2D eigenvalue weighted by Gasteiger charge is -2.15. The first-order valence-corrected chi connectivity index (χ1v) is 8.21. The highest BCUT2D eigenvalue weighted by atomic mass is 32.2. The summed E-state index contributed by atoms with van der Waals surface area (Å²) in [4.78, 5) is 22.3. The van der Waals surface area contributed by atoms with E-state index in [1.54, 1.807) is 0 Å². The van der Waals surface area contributed by atoms with Gasteiger partial charge in [-0.1, -0.05) is 0 Å². The first kappa shape index (κ1) is 15.9. The largest absolute Gasteiger partial charge is 0.481 e. The second-order valence-corrected chi connectivity index (χ2v) is 6.91. The van der Waals surface area contributed by atoms with Crippen LogP contribution in [0.3, 0.4) is 0 Å². The summed E-state index contributed by atoms with van der Waals surface area (Å²) in [6.45, 7) is -0.0933. The van der Waals surface area contributed by atoms with Crippen molar-refractivity contribution in [3.05, 3.63) is 16.3 Å². The molecular formula is C11H13NO7S2. The number of hydrogen-bond acceptors (Lipinski definition) is 7. The summed E-state index contributed by atoms with van der Waals surface area (Å²) in [5, 5.41) is 10.5. The molecule has 2 rings (SSSR count). The number of aliphatic carboxylic acids is 1. The van der Waals surface area contributed by atoms with Gasteiger partial charge >= 0.3 is 11.9 Å². The van der Waals surface area contributed by atoms with Crippen molar-refractivity contribution < 1.29 is 32.6 Å². The molecule has 2 N–H and O–H groups in total. The van der Waals surface area contributed by atoms with Crippen LogP contribution in [0.2, 0.25) is 0 Å². The van der Waals surface area contributed by atoms with Gasteiger partial charge in [0.05, 0.1) is 32.3 Å². The standard InChI is InChI=1S/C11H13NO7S2/c1-18-11(15)9-8(2-3-20-9)21(16,17)12-7-5-19-4-6(7)10(13)14/h2-3,6-7,12H,4-5H2,1H3,(H,13,14). The lowest BCUT2D eigenvalue weighted by Crippen LogP contribution is -2.42. The van der Waals surface area contributed by atoms with Crippen LogP contribution in [0.25, 0.3) is 0 Å². The van der Waals surface area contributed by atoms with Gasteiger partial charge in [-0.25, -0.2) is 17.9 Å². The molecule has 21 heavy (non-hydrogen) atoms. The highest BCUT2D eigenvalue weighted by molar-refractivity contribution is 7.89. The Morgan fingerprint density at radius 1 is 1.48 bits per heavy atom. The zero-order valence-corrected chi connectivity index (χ0v) is 12.6. The van der Waals surface area contributed by atoms with Crippen molar-refractivity contribution in [3.63, 3.8) is 0 Å². The van der Waals surface area contributed by atoms with Gasteiger partial charge in [-0.2, -0.15) is 0 Å². The number of rotatable bonds is 5. The molecular weight excluding hydrogens is 322 g/mol. The third kappa shape index (κ3) is 3.23. The molecule has 0 spiro atoms. The molecule has 8 nitrogen and oxygen atoms in total. The predicted octanol–water partition coefficient (Wildman–Crippen LogP) is -0.0874. The van der Waals surface area contributed by atoms with Crippen LogP contribution in [0, 0.1) is 5.92 Å². The zero-order chi connectivity index (χ0) is 15.6. The van der Waals surface area contributed by atoms with E-state index in [0.717, 1.165) is 18.4 Å². The van der Waals surface area contributed by atoms with E-state index < -0.39 is 33.9 Å². The molecule has 2 heterocycles. The quantitative estimate of drug-likeness (QED) is 0.722. The SMILES string of the molecule is COC(=O)c1sccc1S(=O)(=O)NC1COCC1C(=O)O. The van der Waals surface area contributed by atoms with E-state index in [2.05, 4.69) is 9.46 Å². The van der Waals surface area contributed by atoms with Crippen molar-refractivity contribution in [3.8, 4) is 0 Å². The monoisotopic (exact) mass is 335 g/mol. The van der Waals surface area contributed by atoms with E-state index in [0.29, 0.717) is 0 Å². The summed E-state index contributed by atoms with van der Waals surface area (Å²) in [6, 6.07) is 0.392. The Bertz CT molecular complexity index is 651. The minimum atomic E-state index is -4.04. The fourth-order valence-electron chi connectivity index (χ4n) is 1.93. The van der Waals surface area contributed by atoms with E-state index in [4.69, 9.17) is 9.84 Å². The topological polar surface area (TPSA) is 119 Å². The van der Waals surface area contributed by atoms with Crippen molar-refractivity contribution in [2.24, 2.45) is 5.92 Å². The molecule has 1 saturated heterocycles. The Hall–Kier alpha value is -1.49. The summed E-state index contributed by atoms with van der Waals surface area (Å²) < 4.78 is 36.4. The third-order valence-electron chi connectivity index (χ3n) is 2.99. The van der Waals surface area contributed by atoms with Crippen molar-refractivity contribution in [1.82, 2.24) is 4.72 Å². The fourth-order valence-corrected chi connectivity index (χ4v) is 4.52. The smallest absolute Gasteiger partial charge is 0.349 e. The summed E-state index contributed by atoms with van der Waals surface area (Å²) in [6.07, 6.45) is 0. The molecule has 10 heteroatoms. The van der Waals surface area contributed by atoms with Gasteiger partial charge < -0.3 is 14.6 Å². The van der Waals surface area contributed by atoms with Gasteiger partial charge in [0.1, 0.15) is 9.77 Å². The highest BCUT2D eigenvalue weighted by Crippen LogP contribution is 2.24. The molecule has 2 unspecified atom stereocenters. The number of nitrogens with one attached hydrogen (secondary N) is 1. The number of hydrogen-bond donors (Lipinski definition) is 2. The predicted molar refractivity (Wildman–Crippen MR) is 71.7 cm³/mol. The number of carboxylic acids is 1. The molecule has 0 aliphatic carbocycles. The molecule has 0 amide bonds. The summed E-state index contributed by atoms with van der Waals surface area (Å²) in [5.41, 5.74) is 0. The number of carboxylic acid groups (broad SMARTS) is 1. The van der Waals surface area contributed by atoms with Gasteiger partial charge in [0.25, 0.3) is 0 Å². The van der Waals surface area contributed by atoms with Crippen LogP contribution >= 0.6 is 11.3 Å². The summed E-state index contributed by atoms with van der Waals surface area (Å²) in [7, 11) is -2.89. The maximum absolute atomic E-state index is 12.3. The average Bonchev–Trinajstić information content (AvgIpc) is 3.05. The Kier molecular flexibility index (Phi) is 4.61. The lowest BCUT2D eigenvalue weighted by atomic mass is 10.1. The molecule has 1 aliphatic rings. The first-order chi connectivity index (χ1) is 9.86. The Balaban J connectivity index is 2.25. The molecule has 1 aromatic rings. The van der Waals surface area contributed by atoms with Crippen molar-refractivity contribution in [2.75, 3.05) is 20.3 Å². The maximum atomic E-state index is 12.3. The number of esters is 1.